The Balaban J connectivity index is 5.70. The molecule has 0 saturated carbocycles. The maximum Gasteiger partial charge on any atom is 0.190 e. The Labute approximate surface area is 91.6 Å². The van der Waals surface area contributed by atoms with Crippen molar-refractivity contribution in [3.8, 4) is 0 Å². The Kier molecular flexibility index (Phi) is 4.79. The Morgan fingerprint density at radius 3 is 1.53 bits per heavy atom. The molecule has 0 atom stereocenters. The zero-order valence-electron chi connectivity index (χ0n) is 9.39. The van der Waals surface area contributed by atoms with Crippen molar-refractivity contribution in [3.05, 3.63) is 10.4 Å². The summed E-state index contributed by atoms with van der Waals surface area (Å²) in [7, 11) is -4.23. The van der Waals surface area contributed by atoms with E-state index in [1.807, 2.05) is 0 Å². The third-order valence-corrected chi connectivity index (χ3v) is 6.22. The third kappa shape index (κ3) is 3.83. The van der Waals surface area contributed by atoms with Crippen molar-refractivity contribution in [2.75, 3.05) is 25.6 Å². The molecule has 0 heterocycles. The Bertz CT molecular complexity index is 395. The molecule has 0 N–H and O–H groups in total. The van der Waals surface area contributed by atoms with Gasteiger partial charge in [0.1, 0.15) is 0 Å². The average molecular weight is 255 g/mol. The number of rotatable bonds is 5. The average Bonchev–Trinajstić information content (AvgIpc) is 2.13. The van der Waals surface area contributed by atoms with Crippen molar-refractivity contribution in [1.29, 1.82) is 0 Å². The fraction of sp³-hybridized carbons (Fsp3) is 0.750. The molecule has 0 rings (SSSR count). The van der Waals surface area contributed by atoms with Crippen molar-refractivity contribution in [2.24, 2.45) is 0 Å². The molecule has 0 fully saturated rings. The first-order valence-corrected chi connectivity index (χ1v) is 7.81. The van der Waals surface area contributed by atoms with Crippen LogP contribution in [0.4, 0.5) is 0 Å². The standard InChI is InChI=1S/C8H17NO4S2/c1-5-14(10,11)8(7-9(3)4)15(12,13)6-2/h7H,5-6H2,1-4H3. The minimum atomic E-state index is -3.69. The fourth-order valence-corrected chi connectivity index (χ4v) is 4.42. The topological polar surface area (TPSA) is 71.5 Å². The zero-order valence-corrected chi connectivity index (χ0v) is 11.0. The Morgan fingerprint density at radius 2 is 1.33 bits per heavy atom. The summed E-state index contributed by atoms with van der Waals surface area (Å²) in [6.45, 7) is 2.84. The van der Waals surface area contributed by atoms with Gasteiger partial charge in [-0.1, -0.05) is 13.8 Å². The molecular formula is C8H17NO4S2. The molecule has 90 valence electrons. The molecule has 0 bridgehead atoms. The number of hydrogen-bond acceptors (Lipinski definition) is 5. The van der Waals surface area contributed by atoms with Crippen LogP contribution in [0.25, 0.3) is 0 Å². The van der Waals surface area contributed by atoms with Gasteiger partial charge in [-0.3, -0.25) is 0 Å². The van der Waals surface area contributed by atoms with E-state index < -0.39 is 23.9 Å². The predicted molar refractivity (Wildman–Crippen MR) is 60.7 cm³/mol. The van der Waals surface area contributed by atoms with Crippen LogP contribution in [0.15, 0.2) is 10.4 Å². The smallest absolute Gasteiger partial charge is 0.190 e. The van der Waals surface area contributed by atoms with Gasteiger partial charge in [0.25, 0.3) is 0 Å². The van der Waals surface area contributed by atoms with Crippen molar-refractivity contribution >= 4 is 19.7 Å². The lowest BCUT2D eigenvalue weighted by Crippen LogP contribution is -2.20. The van der Waals surface area contributed by atoms with E-state index in [9.17, 15) is 16.8 Å². The SMILES string of the molecule is CCS(=O)(=O)C(=CN(C)C)S(=O)(=O)CC. The summed E-state index contributed by atoms with van der Waals surface area (Å²) in [5.41, 5.74) is 0. The van der Waals surface area contributed by atoms with E-state index in [0.717, 1.165) is 6.20 Å². The van der Waals surface area contributed by atoms with Crippen LogP contribution in [0.1, 0.15) is 13.8 Å². The summed E-state index contributed by atoms with van der Waals surface area (Å²) in [6.07, 6.45) is 1.14. The molecule has 0 spiro atoms. The second kappa shape index (κ2) is 4.98. The monoisotopic (exact) mass is 255 g/mol. The Morgan fingerprint density at radius 1 is 1.00 bits per heavy atom. The number of nitrogens with zero attached hydrogens (tertiary/aromatic N) is 1. The van der Waals surface area contributed by atoms with Crippen LogP contribution in [-0.2, 0) is 19.7 Å². The second-order valence-electron chi connectivity index (χ2n) is 3.22. The van der Waals surface area contributed by atoms with Crippen molar-refractivity contribution in [3.63, 3.8) is 0 Å². The van der Waals surface area contributed by atoms with E-state index in [0.29, 0.717) is 0 Å². The van der Waals surface area contributed by atoms with E-state index in [2.05, 4.69) is 0 Å². The highest BCUT2D eigenvalue weighted by atomic mass is 32.3. The summed E-state index contributed by atoms with van der Waals surface area (Å²) in [5, 5.41) is 0. The van der Waals surface area contributed by atoms with Crippen LogP contribution < -0.4 is 0 Å². The molecule has 5 nitrogen and oxygen atoms in total. The van der Waals surface area contributed by atoms with Crippen LogP contribution >= 0.6 is 0 Å². The van der Waals surface area contributed by atoms with Gasteiger partial charge >= 0.3 is 0 Å². The van der Waals surface area contributed by atoms with E-state index >= 15 is 0 Å². The lowest BCUT2D eigenvalue weighted by atomic mass is 10.8. The van der Waals surface area contributed by atoms with Crippen LogP contribution in [0, 0.1) is 0 Å². The first-order chi connectivity index (χ1) is 6.67. The summed E-state index contributed by atoms with van der Waals surface area (Å²) in [5.74, 6) is -0.433. The molecule has 0 aliphatic heterocycles. The van der Waals surface area contributed by atoms with Crippen molar-refractivity contribution < 1.29 is 16.8 Å². The van der Waals surface area contributed by atoms with E-state index in [1.54, 1.807) is 14.1 Å². The molecule has 0 amide bonds. The normalized spacial score (nSPS) is 12.3. The highest BCUT2D eigenvalue weighted by molar-refractivity contribution is 8.14. The summed E-state index contributed by atoms with van der Waals surface area (Å²) >= 11 is 0. The fourth-order valence-electron chi connectivity index (χ4n) is 0.849. The summed E-state index contributed by atoms with van der Waals surface area (Å²) in [4.78, 5) is 1.41. The lowest BCUT2D eigenvalue weighted by molar-refractivity contribution is 0.556. The molecule has 0 radical (unpaired) electrons. The van der Waals surface area contributed by atoms with Gasteiger partial charge < -0.3 is 4.90 Å². The molecule has 0 aliphatic rings. The van der Waals surface area contributed by atoms with Gasteiger partial charge in [0, 0.05) is 20.3 Å². The van der Waals surface area contributed by atoms with Crippen LogP contribution in [0.3, 0.4) is 0 Å². The highest BCUT2D eigenvalue weighted by Gasteiger charge is 2.27. The Hall–Kier alpha value is -0.560. The first-order valence-electron chi connectivity index (χ1n) is 4.51. The third-order valence-electron chi connectivity index (χ3n) is 1.74. The van der Waals surface area contributed by atoms with Gasteiger partial charge in [-0.15, -0.1) is 0 Å². The van der Waals surface area contributed by atoms with Crippen LogP contribution in [0.5, 0.6) is 0 Å². The number of hydrogen-bond donors (Lipinski definition) is 0. The zero-order chi connectivity index (χ0) is 12.3. The molecule has 0 aliphatic carbocycles. The number of sulfone groups is 2. The minimum absolute atomic E-state index is 0.216. The lowest BCUT2D eigenvalue weighted by Gasteiger charge is -2.11. The summed E-state index contributed by atoms with van der Waals surface area (Å²) in [6, 6.07) is 0. The van der Waals surface area contributed by atoms with Crippen molar-refractivity contribution in [2.45, 2.75) is 13.8 Å². The quantitative estimate of drug-likeness (QED) is 0.702. The molecular weight excluding hydrogens is 238 g/mol. The van der Waals surface area contributed by atoms with Gasteiger partial charge in [0.15, 0.2) is 23.9 Å². The summed E-state index contributed by atoms with van der Waals surface area (Å²) < 4.78 is 45.8. The van der Waals surface area contributed by atoms with E-state index in [-0.39, 0.29) is 11.5 Å². The molecule has 0 saturated heterocycles. The van der Waals surface area contributed by atoms with Gasteiger partial charge in [-0.2, -0.15) is 0 Å². The van der Waals surface area contributed by atoms with Gasteiger partial charge in [-0.25, -0.2) is 16.8 Å². The van der Waals surface area contributed by atoms with Crippen molar-refractivity contribution in [1.82, 2.24) is 4.90 Å². The molecule has 0 aromatic rings. The van der Waals surface area contributed by atoms with Gasteiger partial charge in [0.2, 0.25) is 0 Å². The van der Waals surface area contributed by atoms with Crippen LogP contribution in [-0.4, -0.2) is 47.3 Å². The largest absolute Gasteiger partial charge is 0.382 e. The second-order valence-corrected chi connectivity index (χ2v) is 7.97. The predicted octanol–water partition coefficient (Wildman–Crippen LogP) is 0.216. The minimum Gasteiger partial charge on any atom is -0.382 e. The molecule has 0 aromatic heterocycles. The van der Waals surface area contributed by atoms with Crippen LogP contribution in [0.2, 0.25) is 0 Å². The van der Waals surface area contributed by atoms with E-state index in [1.165, 1.54) is 18.7 Å². The molecule has 0 aromatic carbocycles. The molecule has 7 heteroatoms. The highest BCUT2D eigenvalue weighted by Crippen LogP contribution is 2.16. The van der Waals surface area contributed by atoms with Gasteiger partial charge in [-0.05, 0) is 0 Å². The van der Waals surface area contributed by atoms with Gasteiger partial charge in [0.05, 0.1) is 11.5 Å². The molecule has 0 unspecified atom stereocenters. The van der Waals surface area contributed by atoms with E-state index in [4.69, 9.17) is 0 Å². The maximum absolute atomic E-state index is 11.6. The molecule has 15 heavy (non-hydrogen) atoms. The first kappa shape index (κ1) is 14.4. The maximum atomic E-state index is 11.6.